The molecule has 0 bridgehead atoms. The largest absolute Gasteiger partial charge is 0.385 e. The van der Waals surface area contributed by atoms with Gasteiger partial charge in [0.1, 0.15) is 15.8 Å². The van der Waals surface area contributed by atoms with E-state index in [4.69, 9.17) is 21.7 Å². The second-order valence-corrected chi connectivity index (χ2v) is 8.24. The molecule has 0 spiro atoms. The molecule has 0 aliphatic carbocycles. The maximum atomic E-state index is 13.1. The van der Waals surface area contributed by atoms with Crippen molar-refractivity contribution in [3.05, 3.63) is 45.2 Å². The number of ether oxygens (including phenoxy) is 2. The standard InChI is InChI=1S/C20H24N4O4S2/c1-27-11-5-8-21-17-14(18(25)23-9-4-3-7-16(23)22-17)13-15-19(26)24(20(29)30-15)10-6-12-28-2/h3-4,7,9,13,21H,5-6,8,10-12H2,1-2H3/b15-13-. The van der Waals surface area contributed by atoms with E-state index >= 15 is 0 Å². The molecule has 30 heavy (non-hydrogen) atoms. The second kappa shape index (κ2) is 10.7. The zero-order chi connectivity index (χ0) is 21.5. The van der Waals surface area contributed by atoms with Gasteiger partial charge in [0.25, 0.3) is 11.5 Å². The topological polar surface area (TPSA) is 85.2 Å². The summed E-state index contributed by atoms with van der Waals surface area (Å²) >= 11 is 6.55. The number of nitrogens with one attached hydrogen (secondary N) is 1. The van der Waals surface area contributed by atoms with E-state index in [0.29, 0.717) is 59.0 Å². The second-order valence-electron chi connectivity index (χ2n) is 6.56. The number of nitrogens with zero attached hydrogens (tertiary/aromatic N) is 3. The number of carbonyl (C=O) groups excluding carboxylic acids is 1. The number of carbonyl (C=O) groups is 1. The van der Waals surface area contributed by atoms with Crippen molar-refractivity contribution in [3.63, 3.8) is 0 Å². The first-order valence-electron chi connectivity index (χ1n) is 9.55. The van der Waals surface area contributed by atoms with Crippen molar-refractivity contribution >= 4 is 51.7 Å². The number of fused-ring (bicyclic) bond motifs is 1. The van der Waals surface area contributed by atoms with Crippen LogP contribution in [0.1, 0.15) is 18.4 Å². The van der Waals surface area contributed by atoms with Crippen molar-refractivity contribution < 1.29 is 14.3 Å². The van der Waals surface area contributed by atoms with Gasteiger partial charge in [-0.2, -0.15) is 0 Å². The van der Waals surface area contributed by atoms with Gasteiger partial charge in [-0.3, -0.25) is 18.9 Å². The number of pyridine rings is 1. The van der Waals surface area contributed by atoms with Crippen LogP contribution in [0.5, 0.6) is 0 Å². The van der Waals surface area contributed by atoms with Gasteiger partial charge in [-0.1, -0.05) is 30.0 Å². The number of hydrogen-bond donors (Lipinski definition) is 1. The molecule has 3 rings (SSSR count). The van der Waals surface area contributed by atoms with Crippen molar-refractivity contribution in [1.82, 2.24) is 14.3 Å². The average molecular weight is 449 g/mol. The molecule has 0 atom stereocenters. The summed E-state index contributed by atoms with van der Waals surface area (Å²) in [5, 5.41) is 3.20. The van der Waals surface area contributed by atoms with Gasteiger partial charge in [-0.25, -0.2) is 4.98 Å². The molecule has 2 aromatic rings. The van der Waals surface area contributed by atoms with Gasteiger partial charge in [0, 0.05) is 46.7 Å². The number of thiocarbonyl (C=S) groups is 1. The summed E-state index contributed by atoms with van der Waals surface area (Å²) in [6.45, 7) is 2.20. The van der Waals surface area contributed by atoms with Crippen LogP contribution in [-0.4, -0.2) is 65.0 Å². The SMILES string of the molecule is COCCCNc1nc2ccccn2c(=O)c1/C=C1\SC(=S)N(CCCOC)C1=O. The zero-order valence-electron chi connectivity index (χ0n) is 16.9. The van der Waals surface area contributed by atoms with E-state index in [2.05, 4.69) is 10.3 Å². The molecule has 0 radical (unpaired) electrons. The number of rotatable bonds is 10. The maximum absolute atomic E-state index is 13.1. The smallest absolute Gasteiger partial charge is 0.267 e. The van der Waals surface area contributed by atoms with Crippen LogP contribution in [0, 0.1) is 0 Å². The van der Waals surface area contributed by atoms with Crippen LogP contribution in [0.15, 0.2) is 34.1 Å². The monoisotopic (exact) mass is 448 g/mol. The van der Waals surface area contributed by atoms with E-state index in [1.54, 1.807) is 43.5 Å². The maximum Gasteiger partial charge on any atom is 0.267 e. The lowest BCUT2D eigenvalue weighted by molar-refractivity contribution is -0.122. The predicted molar refractivity (Wildman–Crippen MR) is 123 cm³/mol. The van der Waals surface area contributed by atoms with E-state index < -0.39 is 0 Å². The first-order valence-corrected chi connectivity index (χ1v) is 10.8. The van der Waals surface area contributed by atoms with Gasteiger partial charge >= 0.3 is 0 Å². The van der Waals surface area contributed by atoms with Crippen LogP contribution in [0.2, 0.25) is 0 Å². The Morgan fingerprint density at radius 3 is 2.73 bits per heavy atom. The summed E-state index contributed by atoms with van der Waals surface area (Å²) in [5.41, 5.74) is 0.606. The Morgan fingerprint density at radius 1 is 1.20 bits per heavy atom. The summed E-state index contributed by atoms with van der Waals surface area (Å²) in [5.74, 6) is 0.232. The number of anilines is 1. The van der Waals surface area contributed by atoms with E-state index in [0.717, 1.165) is 6.42 Å². The highest BCUT2D eigenvalue weighted by molar-refractivity contribution is 8.26. The van der Waals surface area contributed by atoms with Gasteiger partial charge in [0.05, 0.1) is 10.5 Å². The molecule has 1 aliphatic heterocycles. The Balaban J connectivity index is 1.95. The average Bonchev–Trinajstić information content (AvgIpc) is 3.01. The summed E-state index contributed by atoms with van der Waals surface area (Å²) < 4.78 is 12.1. The fraction of sp³-hybridized carbons (Fsp3) is 0.400. The van der Waals surface area contributed by atoms with Crippen LogP contribution in [0.3, 0.4) is 0 Å². The Bertz CT molecular complexity index is 1020. The minimum absolute atomic E-state index is 0.205. The Kier molecular flexibility index (Phi) is 7.97. The number of aromatic nitrogens is 2. The lowest BCUT2D eigenvalue weighted by atomic mass is 10.2. The van der Waals surface area contributed by atoms with E-state index in [-0.39, 0.29) is 11.5 Å². The first kappa shape index (κ1) is 22.4. The molecule has 0 unspecified atom stereocenters. The Morgan fingerprint density at radius 2 is 1.97 bits per heavy atom. The normalized spacial score (nSPS) is 15.5. The third-order valence-electron chi connectivity index (χ3n) is 4.47. The molecular weight excluding hydrogens is 424 g/mol. The molecule has 1 amide bonds. The van der Waals surface area contributed by atoms with Gasteiger partial charge in [0.2, 0.25) is 0 Å². The van der Waals surface area contributed by atoms with E-state index in [1.165, 1.54) is 16.2 Å². The highest BCUT2D eigenvalue weighted by Crippen LogP contribution is 2.33. The lowest BCUT2D eigenvalue weighted by Gasteiger charge is -2.13. The van der Waals surface area contributed by atoms with Crippen molar-refractivity contribution in [2.24, 2.45) is 0 Å². The third-order valence-corrected chi connectivity index (χ3v) is 5.84. The highest BCUT2D eigenvalue weighted by Gasteiger charge is 2.32. The Labute approximate surface area is 184 Å². The first-order chi connectivity index (χ1) is 14.6. The van der Waals surface area contributed by atoms with Crippen molar-refractivity contribution in [2.75, 3.05) is 45.8 Å². The third kappa shape index (κ3) is 5.07. The van der Waals surface area contributed by atoms with Gasteiger partial charge in [0.15, 0.2) is 0 Å². The molecule has 1 N–H and O–H groups in total. The fourth-order valence-electron chi connectivity index (χ4n) is 2.98. The lowest BCUT2D eigenvalue weighted by Crippen LogP contribution is -2.29. The molecular formula is C20H24N4O4S2. The van der Waals surface area contributed by atoms with Gasteiger partial charge < -0.3 is 14.8 Å². The fourth-order valence-corrected chi connectivity index (χ4v) is 4.27. The van der Waals surface area contributed by atoms with Crippen LogP contribution in [0.25, 0.3) is 11.7 Å². The molecule has 8 nitrogen and oxygen atoms in total. The van der Waals surface area contributed by atoms with Crippen LogP contribution in [-0.2, 0) is 14.3 Å². The quantitative estimate of drug-likeness (QED) is 0.337. The minimum atomic E-state index is -0.250. The molecule has 1 fully saturated rings. The number of amides is 1. The number of thioether (sulfide) groups is 1. The molecule has 10 heteroatoms. The molecule has 0 aromatic carbocycles. The molecule has 1 saturated heterocycles. The number of methoxy groups -OCH3 is 2. The van der Waals surface area contributed by atoms with E-state index in [9.17, 15) is 9.59 Å². The summed E-state index contributed by atoms with van der Waals surface area (Å²) in [6, 6.07) is 5.35. The summed E-state index contributed by atoms with van der Waals surface area (Å²) in [6.07, 6.45) is 4.69. The van der Waals surface area contributed by atoms with E-state index in [1.807, 2.05) is 6.07 Å². The zero-order valence-corrected chi connectivity index (χ0v) is 18.6. The molecule has 1 aliphatic rings. The minimum Gasteiger partial charge on any atom is -0.385 e. The molecule has 2 aromatic heterocycles. The predicted octanol–water partition coefficient (Wildman–Crippen LogP) is 2.38. The summed E-state index contributed by atoms with van der Waals surface area (Å²) in [4.78, 5) is 32.5. The van der Waals surface area contributed by atoms with Gasteiger partial charge in [-0.15, -0.1) is 0 Å². The van der Waals surface area contributed by atoms with Gasteiger partial charge in [-0.05, 0) is 31.1 Å². The molecule has 160 valence electrons. The van der Waals surface area contributed by atoms with Crippen molar-refractivity contribution in [2.45, 2.75) is 12.8 Å². The van der Waals surface area contributed by atoms with Crippen molar-refractivity contribution in [1.29, 1.82) is 0 Å². The molecule has 0 saturated carbocycles. The number of hydrogen-bond acceptors (Lipinski definition) is 8. The summed E-state index contributed by atoms with van der Waals surface area (Å²) in [7, 11) is 3.26. The highest BCUT2D eigenvalue weighted by atomic mass is 32.2. The van der Waals surface area contributed by atoms with Crippen LogP contribution >= 0.6 is 24.0 Å². The van der Waals surface area contributed by atoms with Crippen LogP contribution < -0.4 is 10.9 Å². The van der Waals surface area contributed by atoms with Crippen molar-refractivity contribution in [3.8, 4) is 0 Å². The van der Waals surface area contributed by atoms with Crippen LogP contribution in [0.4, 0.5) is 5.82 Å². The molecule has 3 heterocycles. The Hall–Kier alpha value is -2.27.